The molecule has 0 aromatic carbocycles. The van der Waals surface area contributed by atoms with Crippen molar-refractivity contribution in [3.05, 3.63) is 0 Å². The summed E-state index contributed by atoms with van der Waals surface area (Å²) in [5.41, 5.74) is 0. The summed E-state index contributed by atoms with van der Waals surface area (Å²) in [7, 11) is 0. The molecule has 1 unspecified atom stereocenters. The molecule has 0 bridgehead atoms. The molecular weight excluding hydrogens is 228 g/mol. The number of rotatable bonds is 4. The number of amides is 3. The molecule has 94 valence electrons. The third kappa shape index (κ3) is 5.35. The lowest BCUT2D eigenvalue weighted by molar-refractivity contribution is -0.119. The normalized spacial score (nSPS) is 12.8. The highest BCUT2D eigenvalue weighted by Gasteiger charge is 2.21. The number of hydrogen-bond acceptors (Lipinski definition) is 2. The number of imide groups is 1. The van der Waals surface area contributed by atoms with E-state index in [9.17, 15) is 9.59 Å². The third-order valence-corrected chi connectivity index (χ3v) is 2.24. The van der Waals surface area contributed by atoms with Crippen LogP contribution in [0.5, 0.6) is 0 Å². The van der Waals surface area contributed by atoms with Gasteiger partial charge in [0.2, 0.25) is 5.91 Å². The van der Waals surface area contributed by atoms with Gasteiger partial charge in [0.15, 0.2) is 0 Å². The fraction of sp³-hybridized carbons (Fsp3) is 0.818. The fourth-order valence-electron chi connectivity index (χ4n) is 1.20. The van der Waals surface area contributed by atoms with Crippen LogP contribution >= 0.6 is 11.6 Å². The Morgan fingerprint density at radius 3 is 2.00 bits per heavy atom. The van der Waals surface area contributed by atoms with Gasteiger partial charge in [-0.3, -0.25) is 10.1 Å². The van der Waals surface area contributed by atoms with Crippen LogP contribution in [0.3, 0.4) is 0 Å². The number of nitrogens with zero attached hydrogens (tertiary/aromatic N) is 1. The van der Waals surface area contributed by atoms with E-state index in [0.717, 1.165) is 0 Å². The molecule has 0 fully saturated rings. The molecule has 0 spiro atoms. The van der Waals surface area contributed by atoms with Gasteiger partial charge in [-0.2, -0.15) is 0 Å². The summed E-state index contributed by atoms with van der Waals surface area (Å²) in [4.78, 5) is 24.7. The van der Waals surface area contributed by atoms with Crippen molar-refractivity contribution < 1.29 is 9.59 Å². The van der Waals surface area contributed by atoms with Gasteiger partial charge < -0.3 is 4.90 Å². The molecule has 0 aliphatic rings. The second-order valence-corrected chi connectivity index (χ2v) is 5.21. The number of carbonyl (C=O) groups excluding carboxylic acids is 2. The van der Waals surface area contributed by atoms with Gasteiger partial charge in [-0.25, -0.2) is 4.79 Å². The summed E-state index contributed by atoms with van der Waals surface area (Å²) in [6.45, 7) is 10.0. The van der Waals surface area contributed by atoms with Gasteiger partial charge in [-0.1, -0.05) is 13.8 Å². The summed E-state index contributed by atoms with van der Waals surface area (Å²) in [5, 5.41) is 1.59. The first-order valence-corrected chi connectivity index (χ1v) is 5.94. The first kappa shape index (κ1) is 15.2. The zero-order valence-electron chi connectivity index (χ0n) is 10.6. The van der Waals surface area contributed by atoms with E-state index >= 15 is 0 Å². The van der Waals surface area contributed by atoms with Crippen molar-refractivity contribution in [2.45, 2.75) is 46.0 Å². The maximum Gasteiger partial charge on any atom is 0.324 e. The highest BCUT2D eigenvalue weighted by molar-refractivity contribution is 6.31. The molecule has 5 heteroatoms. The van der Waals surface area contributed by atoms with Crippen LogP contribution in [-0.2, 0) is 4.79 Å². The van der Waals surface area contributed by atoms with E-state index in [2.05, 4.69) is 5.32 Å². The molecule has 0 aliphatic heterocycles. The molecule has 3 amide bonds. The Labute approximate surface area is 102 Å². The summed E-state index contributed by atoms with van der Waals surface area (Å²) < 4.78 is 0. The van der Waals surface area contributed by atoms with Crippen LogP contribution in [0.25, 0.3) is 0 Å². The third-order valence-electron chi connectivity index (χ3n) is 2.04. The summed E-state index contributed by atoms with van der Waals surface area (Å²) in [6, 6.07) is -0.318. The van der Waals surface area contributed by atoms with Crippen molar-refractivity contribution in [1.29, 1.82) is 0 Å². The van der Waals surface area contributed by atoms with E-state index in [1.807, 2.05) is 27.7 Å². The first-order valence-electron chi connectivity index (χ1n) is 5.51. The number of nitrogens with one attached hydrogen (secondary N) is 1. The predicted molar refractivity (Wildman–Crippen MR) is 65.5 cm³/mol. The largest absolute Gasteiger partial charge is 0.324 e. The second kappa shape index (κ2) is 6.74. The zero-order chi connectivity index (χ0) is 12.9. The number of urea groups is 1. The molecule has 0 saturated heterocycles. The van der Waals surface area contributed by atoms with Crippen LogP contribution < -0.4 is 5.32 Å². The molecule has 1 N–H and O–H groups in total. The quantitative estimate of drug-likeness (QED) is 0.776. The molecular formula is C11H21ClN2O2. The van der Waals surface area contributed by atoms with Crippen LogP contribution in [0.15, 0.2) is 0 Å². The van der Waals surface area contributed by atoms with Gasteiger partial charge in [-0.05, 0) is 26.7 Å². The molecule has 16 heavy (non-hydrogen) atoms. The summed E-state index contributed by atoms with van der Waals surface area (Å²) >= 11 is 5.58. The zero-order valence-corrected chi connectivity index (χ0v) is 11.3. The maximum atomic E-state index is 11.8. The maximum absolute atomic E-state index is 11.8. The minimum Gasteiger partial charge on any atom is -0.322 e. The lowest BCUT2D eigenvalue weighted by Crippen LogP contribution is -2.49. The minimum atomic E-state index is -0.697. The minimum absolute atomic E-state index is 0.0563. The molecule has 0 aromatic rings. The molecule has 0 aliphatic carbocycles. The molecule has 0 radical (unpaired) electrons. The topological polar surface area (TPSA) is 49.4 Å². The van der Waals surface area contributed by atoms with Crippen molar-refractivity contribution >= 4 is 23.5 Å². The Morgan fingerprint density at radius 2 is 1.69 bits per heavy atom. The number of alkyl halides is 1. The van der Waals surface area contributed by atoms with E-state index in [4.69, 9.17) is 11.6 Å². The van der Waals surface area contributed by atoms with Crippen LogP contribution in [0.2, 0.25) is 0 Å². The SMILES string of the molecule is CC(C)CN(C(=O)NC(=O)C(C)Cl)C(C)C. The van der Waals surface area contributed by atoms with Crippen LogP contribution in [0.4, 0.5) is 4.79 Å². The first-order chi connectivity index (χ1) is 7.25. The van der Waals surface area contributed by atoms with Crippen LogP contribution in [0, 0.1) is 5.92 Å². The van der Waals surface area contributed by atoms with Gasteiger partial charge in [-0.15, -0.1) is 11.6 Å². The Kier molecular flexibility index (Phi) is 6.41. The lowest BCUT2D eigenvalue weighted by atomic mass is 10.2. The molecule has 0 saturated carbocycles. The van der Waals surface area contributed by atoms with E-state index in [0.29, 0.717) is 12.5 Å². The van der Waals surface area contributed by atoms with Crippen LogP contribution in [-0.4, -0.2) is 34.8 Å². The standard InChI is InChI=1S/C11H21ClN2O2/c1-7(2)6-14(8(3)4)11(16)13-10(15)9(5)12/h7-9H,6H2,1-5H3,(H,13,15,16). The van der Waals surface area contributed by atoms with Gasteiger partial charge in [0.25, 0.3) is 0 Å². The Hall–Kier alpha value is -0.770. The van der Waals surface area contributed by atoms with Crippen molar-refractivity contribution in [2.75, 3.05) is 6.54 Å². The van der Waals surface area contributed by atoms with Crippen molar-refractivity contribution in [2.24, 2.45) is 5.92 Å². The van der Waals surface area contributed by atoms with Crippen molar-refractivity contribution in [3.8, 4) is 0 Å². The monoisotopic (exact) mass is 248 g/mol. The Bertz CT molecular complexity index is 252. The summed E-state index contributed by atoms with van der Waals surface area (Å²) in [6.07, 6.45) is 0. The second-order valence-electron chi connectivity index (χ2n) is 4.55. The number of carbonyl (C=O) groups is 2. The van der Waals surface area contributed by atoms with E-state index < -0.39 is 11.3 Å². The van der Waals surface area contributed by atoms with Gasteiger partial charge >= 0.3 is 6.03 Å². The van der Waals surface area contributed by atoms with Crippen molar-refractivity contribution in [3.63, 3.8) is 0 Å². The average molecular weight is 249 g/mol. The fourth-order valence-corrected chi connectivity index (χ4v) is 1.25. The molecule has 1 atom stereocenters. The van der Waals surface area contributed by atoms with E-state index in [-0.39, 0.29) is 12.1 Å². The highest BCUT2D eigenvalue weighted by Crippen LogP contribution is 2.05. The van der Waals surface area contributed by atoms with Crippen molar-refractivity contribution in [1.82, 2.24) is 10.2 Å². The molecule has 0 aromatic heterocycles. The highest BCUT2D eigenvalue weighted by atomic mass is 35.5. The van der Waals surface area contributed by atoms with E-state index in [1.165, 1.54) is 6.92 Å². The smallest absolute Gasteiger partial charge is 0.322 e. The van der Waals surface area contributed by atoms with Gasteiger partial charge in [0, 0.05) is 12.6 Å². The van der Waals surface area contributed by atoms with Crippen LogP contribution in [0.1, 0.15) is 34.6 Å². The number of halogens is 1. The molecule has 0 rings (SSSR count). The Morgan fingerprint density at radius 1 is 1.19 bits per heavy atom. The lowest BCUT2D eigenvalue weighted by Gasteiger charge is -2.28. The number of hydrogen-bond donors (Lipinski definition) is 1. The van der Waals surface area contributed by atoms with E-state index in [1.54, 1.807) is 4.90 Å². The average Bonchev–Trinajstić information content (AvgIpc) is 2.12. The van der Waals surface area contributed by atoms with Gasteiger partial charge in [0.05, 0.1) is 0 Å². The molecule has 4 nitrogen and oxygen atoms in total. The summed E-state index contributed by atoms with van der Waals surface area (Å²) in [5.74, 6) is -0.0993. The predicted octanol–water partition coefficient (Wildman–Crippen LogP) is 2.22. The Balaban J connectivity index is 4.45. The molecule has 0 heterocycles. The van der Waals surface area contributed by atoms with Gasteiger partial charge in [0.1, 0.15) is 5.38 Å².